The maximum atomic E-state index is 13.6. The fraction of sp³-hybridized carbons (Fsp3) is 0.250. The van der Waals surface area contributed by atoms with E-state index in [1.165, 1.54) is 0 Å². The van der Waals surface area contributed by atoms with E-state index in [0.717, 1.165) is 37.2 Å². The number of rotatable bonds is 7. The summed E-state index contributed by atoms with van der Waals surface area (Å²) in [5, 5.41) is 3.40. The Hall–Kier alpha value is -4.33. The van der Waals surface area contributed by atoms with Crippen molar-refractivity contribution in [1.82, 2.24) is 14.9 Å². The number of hydrogen-bond donors (Lipinski definition) is 1. The van der Waals surface area contributed by atoms with Crippen molar-refractivity contribution >= 4 is 22.8 Å². The van der Waals surface area contributed by atoms with Crippen molar-refractivity contribution < 1.29 is 14.3 Å². The SMILES string of the molecule is COc1ccc(CNC(=O)c2ccc3c(=O)n(-c4ccccc4)c(N4CCCC4)nc3c2)c(OC)c1. The zero-order valence-electron chi connectivity index (χ0n) is 20.4. The molecule has 1 aliphatic rings. The molecule has 0 radical (unpaired) electrons. The molecule has 4 aromatic rings. The Bertz CT molecular complexity index is 1460. The van der Waals surface area contributed by atoms with Crippen molar-refractivity contribution in [1.29, 1.82) is 0 Å². The van der Waals surface area contributed by atoms with Crippen LogP contribution in [0, 0.1) is 0 Å². The molecule has 5 rings (SSSR count). The number of ether oxygens (including phenoxy) is 2. The van der Waals surface area contributed by atoms with E-state index in [2.05, 4.69) is 10.2 Å². The maximum Gasteiger partial charge on any atom is 0.267 e. The fourth-order valence-corrected chi connectivity index (χ4v) is 4.53. The number of para-hydroxylation sites is 1. The van der Waals surface area contributed by atoms with Gasteiger partial charge in [-0.15, -0.1) is 0 Å². The first-order chi connectivity index (χ1) is 17.6. The van der Waals surface area contributed by atoms with Crippen LogP contribution in [-0.2, 0) is 6.54 Å². The Labute approximate surface area is 209 Å². The molecule has 184 valence electrons. The standard InChI is InChI=1S/C28H28N4O4/c1-35-22-12-10-20(25(17-22)36-2)18-29-26(33)19-11-13-23-24(16-19)30-28(31-14-6-7-15-31)32(27(23)34)21-8-4-3-5-9-21/h3-5,8-13,16-17H,6-7,14-15,18H2,1-2H3,(H,29,33). The van der Waals surface area contributed by atoms with Gasteiger partial charge in [-0.05, 0) is 55.3 Å². The molecule has 2 heterocycles. The average Bonchev–Trinajstić information content (AvgIpc) is 3.46. The average molecular weight is 485 g/mol. The van der Waals surface area contributed by atoms with Gasteiger partial charge in [0.2, 0.25) is 5.95 Å². The van der Waals surface area contributed by atoms with Gasteiger partial charge in [-0.2, -0.15) is 0 Å². The Morgan fingerprint density at radius 1 is 0.972 bits per heavy atom. The highest BCUT2D eigenvalue weighted by Crippen LogP contribution is 2.25. The number of fused-ring (bicyclic) bond motifs is 1. The van der Waals surface area contributed by atoms with E-state index in [-0.39, 0.29) is 18.0 Å². The third-order valence-electron chi connectivity index (χ3n) is 6.45. The molecule has 0 saturated carbocycles. The highest BCUT2D eigenvalue weighted by atomic mass is 16.5. The van der Waals surface area contributed by atoms with Gasteiger partial charge in [0, 0.05) is 36.8 Å². The van der Waals surface area contributed by atoms with Crippen LogP contribution in [0.15, 0.2) is 71.5 Å². The van der Waals surface area contributed by atoms with E-state index in [0.29, 0.717) is 33.9 Å². The molecule has 8 nitrogen and oxygen atoms in total. The molecule has 8 heteroatoms. The first-order valence-electron chi connectivity index (χ1n) is 12.0. The minimum absolute atomic E-state index is 0.150. The minimum atomic E-state index is -0.258. The molecule has 1 fully saturated rings. The Morgan fingerprint density at radius 3 is 2.47 bits per heavy atom. The monoisotopic (exact) mass is 484 g/mol. The summed E-state index contributed by atoms with van der Waals surface area (Å²) in [5.41, 5.74) is 2.39. The van der Waals surface area contributed by atoms with E-state index < -0.39 is 0 Å². The van der Waals surface area contributed by atoms with Crippen molar-refractivity contribution in [3.8, 4) is 17.2 Å². The van der Waals surface area contributed by atoms with E-state index in [1.807, 2.05) is 42.5 Å². The van der Waals surface area contributed by atoms with Crippen LogP contribution in [0.2, 0.25) is 0 Å². The first kappa shape index (κ1) is 23.4. The van der Waals surface area contributed by atoms with E-state index in [1.54, 1.807) is 43.1 Å². The Kier molecular flexibility index (Phi) is 6.58. The first-order valence-corrected chi connectivity index (χ1v) is 12.0. The summed E-state index contributed by atoms with van der Waals surface area (Å²) < 4.78 is 12.3. The summed E-state index contributed by atoms with van der Waals surface area (Å²) in [4.78, 5) is 33.6. The molecule has 1 saturated heterocycles. The van der Waals surface area contributed by atoms with Crippen LogP contribution in [0.5, 0.6) is 11.5 Å². The van der Waals surface area contributed by atoms with Gasteiger partial charge in [0.1, 0.15) is 11.5 Å². The second-order valence-electron chi connectivity index (χ2n) is 8.67. The molecular weight excluding hydrogens is 456 g/mol. The molecule has 1 N–H and O–H groups in total. The number of nitrogens with zero attached hydrogens (tertiary/aromatic N) is 3. The van der Waals surface area contributed by atoms with Gasteiger partial charge in [-0.1, -0.05) is 18.2 Å². The molecule has 1 amide bonds. The lowest BCUT2D eigenvalue weighted by Crippen LogP contribution is -2.30. The predicted molar refractivity (Wildman–Crippen MR) is 140 cm³/mol. The lowest BCUT2D eigenvalue weighted by atomic mass is 10.1. The summed E-state index contributed by atoms with van der Waals surface area (Å²) >= 11 is 0. The molecular formula is C28H28N4O4. The van der Waals surface area contributed by atoms with Crippen LogP contribution in [0.3, 0.4) is 0 Å². The van der Waals surface area contributed by atoms with Crippen LogP contribution in [0.1, 0.15) is 28.8 Å². The van der Waals surface area contributed by atoms with Gasteiger partial charge in [-0.3, -0.25) is 9.59 Å². The van der Waals surface area contributed by atoms with Gasteiger partial charge in [0.15, 0.2) is 0 Å². The van der Waals surface area contributed by atoms with Crippen molar-refractivity contribution in [3.05, 3.63) is 88.2 Å². The van der Waals surface area contributed by atoms with Gasteiger partial charge in [-0.25, -0.2) is 9.55 Å². The fourth-order valence-electron chi connectivity index (χ4n) is 4.53. The Morgan fingerprint density at radius 2 is 1.75 bits per heavy atom. The molecule has 0 spiro atoms. The molecule has 0 aliphatic carbocycles. The zero-order chi connectivity index (χ0) is 25.1. The number of methoxy groups -OCH3 is 2. The van der Waals surface area contributed by atoms with Crippen LogP contribution < -0.4 is 25.2 Å². The van der Waals surface area contributed by atoms with Crippen LogP contribution in [0.4, 0.5) is 5.95 Å². The summed E-state index contributed by atoms with van der Waals surface area (Å²) in [6.45, 7) is 1.97. The molecule has 0 bridgehead atoms. The van der Waals surface area contributed by atoms with E-state index in [9.17, 15) is 9.59 Å². The number of benzene rings is 3. The zero-order valence-corrected chi connectivity index (χ0v) is 20.4. The van der Waals surface area contributed by atoms with Crippen molar-refractivity contribution in [2.75, 3.05) is 32.2 Å². The normalized spacial score (nSPS) is 13.1. The number of anilines is 1. The minimum Gasteiger partial charge on any atom is -0.497 e. The topological polar surface area (TPSA) is 85.7 Å². The summed E-state index contributed by atoms with van der Waals surface area (Å²) in [6.07, 6.45) is 2.11. The lowest BCUT2D eigenvalue weighted by Gasteiger charge is -2.22. The number of amides is 1. The smallest absolute Gasteiger partial charge is 0.267 e. The van der Waals surface area contributed by atoms with Crippen LogP contribution >= 0.6 is 0 Å². The van der Waals surface area contributed by atoms with Gasteiger partial charge in [0.05, 0.1) is 30.8 Å². The lowest BCUT2D eigenvalue weighted by molar-refractivity contribution is 0.0951. The summed E-state index contributed by atoms with van der Waals surface area (Å²) in [6, 6.07) is 20.0. The number of aromatic nitrogens is 2. The van der Waals surface area contributed by atoms with Crippen molar-refractivity contribution in [3.63, 3.8) is 0 Å². The molecule has 1 aromatic heterocycles. The number of carbonyl (C=O) groups excluding carboxylic acids is 1. The molecule has 1 aliphatic heterocycles. The molecule has 36 heavy (non-hydrogen) atoms. The van der Waals surface area contributed by atoms with Crippen molar-refractivity contribution in [2.24, 2.45) is 0 Å². The van der Waals surface area contributed by atoms with Crippen LogP contribution in [-0.4, -0.2) is 42.8 Å². The molecule has 3 aromatic carbocycles. The summed E-state index contributed by atoms with van der Waals surface area (Å²) in [5.74, 6) is 1.66. The number of hydrogen-bond acceptors (Lipinski definition) is 6. The van der Waals surface area contributed by atoms with Gasteiger partial charge < -0.3 is 19.7 Å². The molecule has 0 atom stereocenters. The van der Waals surface area contributed by atoms with E-state index >= 15 is 0 Å². The quantitative estimate of drug-likeness (QED) is 0.428. The second-order valence-corrected chi connectivity index (χ2v) is 8.67. The highest BCUT2D eigenvalue weighted by molar-refractivity contribution is 5.97. The third kappa shape index (κ3) is 4.49. The van der Waals surface area contributed by atoms with Crippen molar-refractivity contribution in [2.45, 2.75) is 19.4 Å². The van der Waals surface area contributed by atoms with Gasteiger partial charge in [0.25, 0.3) is 11.5 Å². The van der Waals surface area contributed by atoms with E-state index in [4.69, 9.17) is 14.5 Å². The number of carbonyl (C=O) groups is 1. The second kappa shape index (κ2) is 10.1. The third-order valence-corrected chi connectivity index (χ3v) is 6.45. The van der Waals surface area contributed by atoms with Gasteiger partial charge >= 0.3 is 0 Å². The molecule has 0 unspecified atom stereocenters. The largest absolute Gasteiger partial charge is 0.497 e. The maximum absolute atomic E-state index is 13.6. The highest BCUT2D eigenvalue weighted by Gasteiger charge is 2.21. The van der Waals surface area contributed by atoms with Crippen LogP contribution in [0.25, 0.3) is 16.6 Å². The number of nitrogens with one attached hydrogen (secondary N) is 1. The predicted octanol–water partition coefficient (Wildman–Crippen LogP) is 3.93. The summed E-state index contributed by atoms with van der Waals surface area (Å²) in [7, 11) is 3.17. The Balaban J connectivity index is 1.48.